The number of carbonyl (C=O) groups excluding carboxylic acids is 2. The molecule has 1 atom stereocenters. The molecule has 2 aromatic heterocycles. The lowest BCUT2D eigenvalue weighted by Crippen LogP contribution is -2.28. The molecular weight excluding hydrogens is 539 g/mol. The van der Waals surface area contributed by atoms with E-state index in [0.29, 0.717) is 21.8 Å². The van der Waals surface area contributed by atoms with Crippen molar-refractivity contribution in [3.8, 4) is 22.6 Å². The van der Waals surface area contributed by atoms with Crippen LogP contribution in [0.15, 0.2) is 59.7 Å². The SMILES string of the molecule is COc1cn([C@@H](C)C(=O)Cc2ccc(C(N)=O)c(F)c2)c(=O)cc1-c1cc(Cl)ccc1-n1cc(C(F)F)nn1. The van der Waals surface area contributed by atoms with Crippen LogP contribution >= 0.6 is 11.6 Å². The number of aromatic nitrogens is 4. The molecule has 9 nitrogen and oxygen atoms in total. The molecule has 0 fully saturated rings. The summed E-state index contributed by atoms with van der Waals surface area (Å²) in [4.78, 5) is 37.4. The van der Waals surface area contributed by atoms with Crippen LogP contribution in [-0.2, 0) is 11.2 Å². The van der Waals surface area contributed by atoms with Gasteiger partial charge in [0.1, 0.15) is 17.3 Å². The molecule has 1 amide bonds. The summed E-state index contributed by atoms with van der Waals surface area (Å²) < 4.78 is 48.1. The van der Waals surface area contributed by atoms with Gasteiger partial charge in [0.2, 0.25) is 0 Å². The molecule has 13 heteroatoms. The van der Waals surface area contributed by atoms with Gasteiger partial charge < -0.3 is 15.0 Å². The van der Waals surface area contributed by atoms with Crippen LogP contribution in [0.4, 0.5) is 13.2 Å². The van der Waals surface area contributed by atoms with Gasteiger partial charge in [-0.15, -0.1) is 5.10 Å². The van der Waals surface area contributed by atoms with Crippen LogP contribution in [0, 0.1) is 5.82 Å². The van der Waals surface area contributed by atoms with Crippen molar-refractivity contribution in [1.82, 2.24) is 19.6 Å². The average molecular weight is 560 g/mol. The molecule has 0 saturated heterocycles. The van der Waals surface area contributed by atoms with Crippen LogP contribution < -0.4 is 16.0 Å². The molecule has 0 aliphatic rings. The molecule has 0 aliphatic carbocycles. The van der Waals surface area contributed by atoms with Gasteiger partial charge in [-0.1, -0.05) is 22.9 Å². The van der Waals surface area contributed by atoms with Crippen molar-refractivity contribution in [2.75, 3.05) is 7.11 Å². The van der Waals surface area contributed by atoms with E-state index in [-0.39, 0.29) is 23.3 Å². The van der Waals surface area contributed by atoms with E-state index in [4.69, 9.17) is 22.1 Å². The van der Waals surface area contributed by atoms with Crippen LogP contribution in [0.3, 0.4) is 0 Å². The highest BCUT2D eigenvalue weighted by atomic mass is 35.5. The van der Waals surface area contributed by atoms with Crippen LogP contribution in [0.5, 0.6) is 5.75 Å². The first-order valence-corrected chi connectivity index (χ1v) is 11.8. The highest BCUT2D eigenvalue weighted by Crippen LogP contribution is 2.35. The number of ketones is 1. The fourth-order valence-corrected chi connectivity index (χ4v) is 4.17. The number of pyridine rings is 1. The van der Waals surface area contributed by atoms with Crippen molar-refractivity contribution < 1.29 is 27.5 Å². The molecule has 0 aliphatic heterocycles. The van der Waals surface area contributed by atoms with Gasteiger partial charge in [0.25, 0.3) is 17.9 Å². The Morgan fingerprint density at radius 1 is 1.10 bits per heavy atom. The minimum absolute atomic E-state index is 0.184. The number of nitrogens with zero attached hydrogens (tertiary/aromatic N) is 4. The number of amides is 1. The third kappa shape index (κ3) is 5.70. The number of Topliss-reactive ketones (excluding diaryl/α,β-unsaturated/α-hetero) is 1. The van der Waals surface area contributed by atoms with Crippen LogP contribution in [-0.4, -0.2) is 38.4 Å². The van der Waals surface area contributed by atoms with Gasteiger partial charge in [-0.2, -0.15) is 0 Å². The van der Waals surface area contributed by atoms with Crippen molar-refractivity contribution in [3.05, 3.63) is 92.9 Å². The van der Waals surface area contributed by atoms with Crippen LogP contribution in [0.1, 0.15) is 41.0 Å². The summed E-state index contributed by atoms with van der Waals surface area (Å²) in [5, 5.41) is 7.52. The largest absolute Gasteiger partial charge is 0.495 e. The minimum Gasteiger partial charge on any atom is -0.495 e. The Balaban J connectivity index is 1.70. The number of hydrogen-bond donors (Lipinski definition) is 1. The van der Waals surface area contributed by atoms with Gasteiger partial charge in [0, 0.05) is 28.6 Å². The molecule has 2 heterocycles. The summed E-state index contributed by atoms with van der Waals surface area (Å²) in [6.07, 6.45) is -0.645. The molecule has 0 spiro atoms. The molecule has 202 valence electrons. The summed E-state index contributed by atoms with van der Waals surface area (Å²) in [6.45, 7) is 1.50. The zero-order valence-electron chi connectivity index (χ0n) is 20.6. The summed E-state index contributed by atoms with van der Waals surface area (Å²) >= 11 is 6.20. The topological polar surface area (TPSA) is 122 Å². The number of rotatable bonds is 9. The van der Waals surface area contributed by atoms with Crippen molar-refractivity contribution >= 4 is 23.3 Å². The number of ether oxygens (including phenoxy) is 1. The molecule has 2 N–H and O–H groups in total. The molecule has 0 unspecified atom stereocenters. The summed E-state index contributed by atoms with van der Waals surface area (Å²) in [7, 11) is 1.36. The van der Waals surface area contributed by atoms with Crippen molar-refractivity contribution in [2.45, 2.75) is 25.8 Å². The molecule has 0 radical (unpaired) electrons. The molecule has 0 saturated carbocycles. The maximum atomic E-state index is 14.1. The number of primary amides is 1. The summed E-state index contributed by atoms with van der Waals surface area (Å²) in [5.74, 6) is -2.01. The maximum absolute atomic E-state index is 14.1. The highest BCUT2D eigenvalue weighted by molar-refractivity contribution is 6.31. The third-order valence-corrected chi connectivity index (χ3v) is 6.29. The first-order valence-electron chi connectivity index (χ1n) is 11.4. The zero-order valence-corrected chi connectivity index (χ0v) is 21.3. The van der Waals surface area contributed by atoms with Crippen molar-refractivity contribution in [1.29, 1.82) is 0 Å². The smallest absolute Gasteiger partial charge is 0.283 e. The monoisotopic (exact) mass is 559 g/mol. The van der Waals surface area contributed by atoms with Gasteiger partial charge in [-0.3, -0.25) is 14.4 Å². The number of halogens is 4. The van der Waals surface area contributed by atoms with E-state index in [2.05, 4.69) is 10.3 Å². The molecule has 2 aromatic carbocycles. The zero-order chi connectivity index (χ0) is 28.4. The lowest BCUT2D eigenvalue weighted by molar-refractivity contribution is -0.121. The van der Waals surface area contributed by atoms with E-state index in [1.165, 1.54) is 56.6 Å². The molecule has 0 bridgehead atoms. The maximum Gasteiger partial charge on any atom is 0.283 e. The molecule has 39 heavy (non-hydrogen) atoms. The predicted octanol–water partition coefficient (Wildman–Crippen LogP) is 4.31. The van der Waals surface area contributed by atoms with Gasteiger partial charge in [-0.25, -0.2) is 17.9 Å². The first kappa shape index (κ1) is 27.6. The fraction of sp³-hybridized carbons (Fsp3) is 0.192. The Morgan fingerprint density at radius 2 is 1.85 bits per heavy atom. The number of carbonyl (C=O) groups is 2. The number of methoxy groups -OCH3 is 1. The Hall–Kier alpha value is -4.45. The number of hydrogen-bond acceptors (Lipinski definition) is 6. The Labute approximate surface area is 224 Å². The van der Waals surface area contributed by atoms with Crippen LogP contribution in [0.25, 0.3) is 16.8 Å². The van der Waals surface area contributed by atoms with E-state index in [9.17, 15) is 27.6 Å². The normalized spacial score (nSPS) is 12.0. The van der Waals surface area contributed by atoms with E-state index >= 15 is 0 Å². The van der Waals surface area contributed by atoms with Gasteiger partial charge in [0.15, 0.2) is 5.78 Å². The van der Waals surface area contributed by atoms with Crippen LogP contribution in [0.2, 0.25) is 5.02 Å². The number of benzene rings is 2. The van der Waals surface area contributed by atoms with Gasteiger partial charge >= 0.3 is 0 Å². The number of alkyl halides is 2. The van der Waals surface area contributed by atoms with E-state index in [1.54, 1.807) is 0 Å². The molecular formula is C26H21ClF3N5O4. The second-order valence-electron chi connectivity index (χ2n) is 8.55. The summed E-state index contributed by atoms with van der Waals surface area (Å²) in [5.41, 5.74) is 4.93. The Bertz CT molecular complexity index is 1640. The van der Waals surface area contributed by atoms with E-state index < -0.39 is 41.2 Å². The minimum atomic E-state index is -2.83. The standard InChI is InChI=1S/C26H21ClF3N5O4/c1-13(22(36)8-14-3-5-16(26(31)38)19(28)7-14)34-12-23(39-2)18(10-24(34)37)17-9-15(27)4-6-21(17)35-11-20(25(29)30)32-33-35/h3-7,9-13,25H,8H2,1-2H3,(H2,31,38)/t13-/m0/s1. The highest BCUT2D eigenvalue weighted by Gasteiger charge is 2.22. The van der Waals surface area contributed by atoms with E-state index in [1.807, 2.05) is 0 Å². The first-order chi connectivity index (χ1) is 18.5. The quantitative estimate of drug-likeness (QED) is 0.326. The molecule has 4 aromatic rings. The van der Waals surface area contributed by atoms with Gasteiger partial charge in [0.05, 0.1) is 36.8 Å². The van der Waals surface area contributed by atoms with Crippen molar-refractivity contribution in [2.24, 2.45) is 5.73 Å². The van der Waals surface area contributed by atoms with Gasteiger partial charge in [-0.05, 0) is 42.8 Å². The lowest BCUT2D eigenvalue weighted by atomic mass is 10.0. The predicted molar refractivity (Wildman–Crippen MR) is 136 cm³/mol. The average Bonchev–Trinajstić information content (AvgIpc) is 3.38. The Morgan fingerprint density at radius 3 is 2.46 bits per heavy atom. The third-order valence-electron chi connectivity index (χ3n) is 6.05. The lowest BCUT2D eigenvalue weighted by Gasteiger charge is -2.18. The van der Waals surface area contributed by atoms with Crippen molar-refractivity contribution in [3.63, 3.8) is 0 Å². The second-order valence-corrected chi connectivity index (χ2v) is 8.99. The summed E-state index contributed by atoms with van der Waals surface area (Å²) in [6, 6.07) is 8.47. The fourth-order valence-electron chi connectivity index (χ4n) is 4.00. The molecule has 4 rings (SSSR count). The number of nitrogens with two attached hydrogens (primary N) is 1. The second kappa shape index (κ2) is 11.1. The van der Waals surface area contributed by atoms with E-state index in [0.717, 1.165) is 21.5 Å². The Kier molecular flexibility index (Phi) is 7.86.